The van der Waals surface area contributed by atoms with Gasteiger partial charge < -0.3 is 19.5 Å². The fraction of sp³-hybridized carbons (Fsp3) is 0.312. The van der Waals surface area contributed by atoms with Gasteiger partial charge in [-0.1, -0.05) is 29.8 Å². The number of aliphatic hydroxyl groups excluding tert-OH is 1. The van der Waals surface area contributed by atoms with E-state index in [0.717, 1.165) is 20.0 Å². The van der Waals surface area contributed by atoms with Gasteiger partial charge in [-0.25, -0.2) is 12.7 Å². The van der Waals surface area contributed by atoms with E-state index in [1.54, 1.807) is 25.1 Å². The van der Waals surface area contributed by atoms with E-state index in [9.17, 15) is 18.3 Å². The van der Waals surface area contributed by atoms with Gasteiger partial charge in [0.05, 0.1) is 32.1 Å². The normalized spacial score (nSPS) is 21.8. The van der Waals surface area contributed by atoms with Crippen molar-refractivity contribution in [2.24, 2.45) is 0 Å². The van der Waals surface area contributed by atoms with Crippen LogP contribution < -0.4 is 13.8 Å². The van der Waals surface area contributed by atoms with Crippen LogP contribution in [0.5, 0.6) is 11.5 Å². The molecule has 13 heteroatoms. The first kappa shape index (κ1) is 31.3. The van der Waals surface area contributed by atoms with Crippen LogP contribution in [-0.2, 0) is 25.2 Å². The number of likely N-dealkylation sites (N-methyl/N-ethyl adjacent to an activating group) is 1. The van der Waals surface area contributed by atoms with E-state index < -0.39 is 33.6 Å². The molecule has 1 saturated heterocycles. The van der Waals surface area contributed by atoms with Crippen LogP contribution in [0, 0.1) is 6.92 Å². The maximum atomic E-state index is 15.4. The predicted molar refractivity (Wildman–Crippen MR) is 173 cm³/mol. The van der Waals surface area contributed by atoms with Crippen molar-refractivity contribution in [1.82, 2.24) is 9.80 Å². The number of sulfonamides is 1. The Kier molecular flexibility index (Phi) is 7.85. The summed E-state index contributed by atoms with van der Waals surface area (Å²) < 4.78 is 41.7. The van der Waals surface area contributed by atoms with Crippen LogP contribution in [0.15, 0.2) is 65.6 Å². The minimum Gasteiger partial charge on any atom is -0.497 e. The fourth-order valence-corrected chi connectivity index (χ4v) is 9.73. The molecule has 3 aromatic carbocycles. The predicted octanol–water partition coefficient (Wildman–Crippen LogP) is 4.38. The Labute approximate surface area is 270 Å². The highest BCUT2D eigenvalue weighted by Crippen LogP contribution is 2.56. The number of ether oxygens (including phenoxy) is 2. The van der Waals surface area contributed by atoms with E-state index >= 15 is 4.79 Å². The lowest BCUT2D eigenvalue weighted by atomic mass is 9.84. The second kappa shape index (κ2) is 11.3. The Morgan fingerprint density at radius 1 is 1.09 bits per heavy atom. The van der Waals surface area contributed by atoms with Gasteiger partial charge in [-0.05, 0) is 60.7 Å². The average molecular weight is 670 g/mol. The van der Waals surface area contributed by atoms with Crippen LogP contribution in [0.3, 0.4) is 0 Å². The maximum Gasteiger partial charge on any atom is 0.274 e. The number of aliphatic hydroxyl groups is 1. The van der Waals surface area contributed by atoms with Crippen molar-refractivity contribution < 1.29 is 32.6 Å². The molecule has 0 spiro atoms. The van der Waals surface area contributed by atoms with Gasteiger partial charge in [-0.2, -0.15) is 0 Å². The smallest absolute Gasteiger partial charge is 0.274 e. The zero-order valence-corrected chi connectivity index (χ0v) is 27.7. The van der Waals surface area contributed by atoms with Crippen LogP contribution in [-0.4, -0.2) is 82.1 Å². The Morgan fingerprint density at radius 3 is 2.49 bits per heavy atom. The molecule has 3 atom stereocenters. The van der Waals surface area contributed by atoms with E-state index in [1.807, 2.05) is 31.2 Å². The van der Waals surface area contributed by atoms with E-state index in [4.69, 9.17) is 21.1 Å². The van der Waals surface area contributed by atoms with Crippen LogP contribution in [0.25, 0.3) is 10.1 Å². The summed E-state index contributed by atoms with van der Waals surface area (Å²) in [4.78, 5) is 32.5. The molecule has 6 rings (SSSR count). The monoisotopic (exact) mass is 669 g/mol. The number of amides is 2. The zero-order chi connectivity index (χ0) is 32.4. The quantitative estimate of drug-likeness (QED) is 0.308. The number of nitrogens with zero attached hydrogens (tertiary/aromatic N) is 3. The first-order chi connectivity index (χ1) is 21.4. The minimum atomic E-state index is -4.62. The summed E-state index contributed by atoms with van der Waals surface area (Å²) in [5.74, 6) is -0.764. The van der Waals surface area contributed by atoms with Crippen molar-refractivity contribution in [3.05, 3.63) is 81.7 Å². The number of likely N-dealkylation sites (tertiary alicyclic amines) is 1. The summed E-state index contributed by atoms with van der Waals surface area (Å²) in [6.45, 7) is 1.82. The van der Waals surface area contributed by atoms with Crippen LogP contribution in [0.1, 0.15) is 22.4 Å². The lowest BCUT2D eigenvalue weighted by molar-refractivity contribution is -0.138. The summed E-state index contributed by atoms with van der Waals surface area (Å²) in [5.41, 5.74) is -0.671. The number of fused-ring (bicyclic) bond motifs is 2. The van der Waals surface area contributed by atoms with Crippen molar-refractivity contribution in [3.63, 3.8) is 0 Å². The molecule has 45 heavy (non-hydrogen) atoms. The molecule has 0 bridgehead atoms. The molecule has 2 aliphatic rings. The molecule has 1 aromatic heterocycles. The number of hydrogen-bond donors (Lipinski definition) is 1. The highest BCUT2D eigenvalue weighted by molar-refractivity contribution is 7.93. The SMILES string of the molecule is COc1ccc(S(=O)(=O)N2C(=O)C(c3sc4ccccc4c3C)(N3C[C@H](O)C[C@H]3C(=O)N(C)C)c3cc(Cl)ccc32)c(OC)c1. The first-order valence-corrected chi connectivity index (χ1v) is 16.8. The van der Waals surface area contributed by atoms with Crippen molar-refractivity contribution in [2.45, 2.75) is 35.9 Å². The molecule has 4 aromatic rings. The van der Waals surface area contributed by atoms with Crippen molar-refractivity contribution in [3.8, 4) is 11.5 Å². The van der Waals surface area contributed by atoms with Gasteiger partial charge >= 0.3 is 0 Å². The largest absolute Gasteiger partial charge is 0.497 e. The van der Waals surface area contributed by atoms with Crippen molar-refractivity contribution >= 4 is 60.5 Å². The Balaban J connectivity index is 1.70. The molecular formula is C32H32ClN3O7S2. The Hall–Kier alpha value is -3.68. The van der Waals surface area contributed by atoms with Gasteiger partial charge in [0.15, 0.2) is 5.54 Å². The highest BCUT2D eigenvalue weighted by Gasteiger charge is 2.64. The number of thiophene rings is 1. The van der Waals surface area contributed by atoms with E-state index in [2.05, 4.69) is 0 Å². The number of hydrogen-bond acceptors (Lipinski definition) is 9. The summed E-state index contributed by atoms with van der Waals surface area (Å²) in [5, 5.41) is 12.2. The number of rotatable bonds is 7. The van der Waals surface area contributed by atoms with Crippen LogP contribution in [0.4, 0.5) is 5.69 Å². The van der Waals surface area contributed by atoms with E-state index in [-0.39, 0.29) is 40.2 Å². The molecule has 10 nitrogen and oxygen atoms in total. The van der Waals surface area contributed by atoms with E-state index in [0.29, 0.717) is 16.2 Å². The molecule has 1 fully saturated rings. The standard InChI is InChI=1S/C32H32ClN3O7S2/c1-18-22-8-6-7-9-27(22)44-29(18)32(35-17-20(37)15-25(35)30(38)34(2)3)23-14-19(33)10-12-24(23)36(31(32)39)45(40,41)28-13-11-21(42-4)16-26(28)43-5/h6-14,16,20,25,37H,15,17H2,1-5H3/t20-,25+,32?/m1/s1. The molecule has 1 unspecified atom stereocenters. The number of carbonyl (C=O) groups is 2. The number of benzene rings is 3. The number of aryl methyl sites for hydroxylation is 1. The highest BCUT2D eigenvalue weighted by atomic mass is 35.5. The third kappa shape index (κ3) is 4.61. The van der Waals surface area contributed by atoms with Crippen molar-refractivity contribution in [1.29, 1.82) is 0 Å². The first-order valence-electron chi connectivity index (χ1n) is 14.1. The summed E-state index contributed by atoms with van der Waals surface area (Å²) in [6, 6.07) is 15.6. The van der Waals surface area contributed by atoms with Gasteiger partial charge in [-0.15, -0.1) is 11.3 Å². The average Bonchev–Trinajstić information content (AvgIpc) is 3.65. The lowest BCUT2D eigenvalue weighted by Gasteiger charge is -2.41. The Morgan fingerprint density at radius 2 is 1.82 bits per heavy atom. The molecular weight excluding hydrogens is 638 g/mol. The summed E-state index contributed by atoms with van der Waals surface area (Å²) in [7, 11) is 1.38. The molecule has 1 N–H and O–H groups in total. The van der Waals surface area contributed by atoms with Gasteiger partial charge in [0.2, 0.25) is 5.91 Å². The third-order valence-electron chi connectivity index (χ3n) is 8.56. The van der Waals surface area contributed by atoms with Gasteiger partial charge in [0.1, 0.15) is 16.4 Å². The van der Waals surface area contributed by atoms with Gasteiger partial charge in [0, 0.05) is 46.9 Å². The maximum absolute atomic E-state index is 15.4. The topological polar surface area (TPSA) is 117 Å². The summed E-state index contributed by atoms with van der Waals surface area (Å²) >= 11 is 7.95. The van der Waals surface area contributed by atoms with Crippen LogP contribution in [0.2, 0.25) is 5.02 Å². The number of β-amino-alcohol motifs (C(OH)–C–C–N with tert-alkyl or cyclic N) is 1. The summed E-state index contributed by atoms with van der Waals surface area (Å²) in [6.07, 6.45) is -0.890. The van der Waals surface area contributed by atoms with Gasteiger partial charge in [-0.3, -0.25) is 14.5 Å². The molecule has 0 saturated carbocycles. The third-order valence-corrected chi connectivity index (χ3v) is 11.9. The zero-order valence-electron chi connectivity index (χ0n) is 25.3. The second-order valence-electron chi connectivity index (χ2n) is 11.3. The number of methoxy groups -OCH3 is 2. The van der Waals surface area contributed by atoms with Crippen LogP contribution >= 0.6 is 22.9 Å². The molecule has 236 valence electrons. The molecule has 2 aliphatic heterocycles. The number of carbonyl (C=O) groups excluding carboxylic acids is 2. The minimum absolute atomic E-state index is 0.00883. The van der Waals surface area contributed by atoms with E-state index in [1.165, 1.54) is 60.8 Å². The molecule has 0 radical (unpaired) electrons. The van der Waals surface area contributed by atoms with Gasteiger partial charge in [0.25, 0.3) is 15.9 Å². The lowest BCUT2D eigenvalue weighted by Crippen LogP contribution is -2.59. The Bertz CT molecular complexity index is 1960. The number of anilines is 1. The van der Waals surface area contributed by atoms with Crippen molar-refractivity contribution in [2.75, 3.05) is 39.2 Å². The molecule has 3 heterocycles. The molecule has 2 amide bonds. The molecule has 0 aliphatic carbocycles. The number of halogens is 1. The fourth-order valence-electron chi connectivity index (χ4n) is 6.54. The second-order valence-corrected chi connectivity index (χ2v) is 14.5.